The van der Waals surface area contributed by atoms with Gasteiger partial charge in [0.2, 0.25) is 0 Å². The predicted molar refractivity (Wildman–Crippen MR) is 76.4 cm³/mol. The normalized spacial score (nSPS) is 11.9. The van der Waals surface area contributed by atoms with Crippen LogP contribution in [0.15, 0.2) is 48.5 Å². The van der Waals surface area contributed by atoms with Gasteiger partial charge in [-0.2, -0.15) is 0 Å². The van der Waals surface area contributed by atoms with Gasteiger partial charge in [0.1, 0.15) is 11.6 Å². The smallest absolute Gasteiger partial charge is 0.314 e. The molecule has 0 N–H and O–H groups in total. The lowest BCUT2D eigenvalue weighted by Crippen LogP contribution is -2.19. The third kappa shape index (κ3) is 4.07. The van der Waals surface area contributed by atoms with Gasteiger partial charge in [0.25, 0.3) is 0 Å². The van der Waals surface area contributed by atoms with E-state index in [9.17, 15) is 9.18 Å². The fraction of sp³-hybridized carbons (Fsp3) is 0.188. The Morgan fingerprint density at radius 2 is 2.00 bits per heavy atom. The Labute approximate surface area is 122 Å². The van der Waals surface area contributed by atoms with Crippen molar-refractivity contribution in [2.24, 2.45) is 5.92 Å². The largest absolute Gasteiger partial charge is 0.426 e. The molecule has 0 heterocycles. The molecule has 2 nitrogen and oxygen atoms in total. The molecule has 104 valence electrons. The van der Waals surface area contributed by atoms with Crippen molar-refractivity contribution in [3.05, 3.63) is 64.9 Å². The molecule has 0 aliphatic heterocycles. The molecule has 0 unspecified atom stereocenters. The molecule has 2 aromatic rings. The van der Waals surface area contributed by atoms with E-state index in [1.165, 1.54) is 12.1 Å². The standard InChI is InChI=1S/C16H14ClFO2/c1-11(8-12-4-2-6-14(18)9-12)16(19)20-15-7-3-5-13(17)10-15/h2-7,9-11H,8H2,1H3/t11-/m0/s1. The van der Waals surface area contributed by atoms with Gasteiger partial charge in [0.15, 0.2) is 0 Å². The van der Waals surface area contributed by atoms with E-state index in [0.717, 1.165) is 5.56 Å². The molecule has 0 saturated carbocycles. The summed E-state index contributed by atoms with van der Waals surface area (Å²) in [5, 5.41) is 0.507. The summed E-state index contributed by atoms with van der Waals surface area (Å²) in [6, 6.07) is 12.9. The fourth-order valence-electron chi connectivity index (χ4n) is 1.85. The Kier molecular flexibility index (Phi) is 4.74. The number of carbonyl (C=O) groups is 1. The third-order valence-electron chi connectivity index (χ3n) is 2.85. The summed E-state index contributed by atoms with van der Waals surface area (Å²) < 4.78 is 18.3. The molecule has 0 saturated heterocycles. The second kappa shape index (κ2) is 6.53. The summed E-state index contributed by atoms with van der Waals surface area (Å²) in [7, 11) is 0. The van der Waals surface area contributed by atoms with Crippen molar-refractivity contribution in [2.45, 2.75) is 13.3 Å². The van der Waals surface area contributed by atoms with Crippen LogP contribution in [0.3, 0.4) is 0 Å². The van der Waals surface area contributed by atoms with Gasteiger partial charge in [0, 0.05) is 5.02 Å². The summed E-state index contributed by atoms with van der Waals surface area (Å²) in [6.07, 6.45) is 0.428. The highest BCUT2D eigenvalue weighted by atomic mass is 35.5. The van der Waals surface area contributed by atoms with Crippen LogP contribution in [0.1, 0.15) is 12.5 Å². The third-order valence-corrected chi connectivity index (χ3v) is 3.08. The number of carbonyl (C=O) groups excluding carboxylic acids is 1. The zero-order valence-electron chi connectivity index (χ0n) is 11.0. The van der Waals surface area contributed by atoms with E-state index in [0.29, 0.717) is 17.2 Å². The molecule has 0 amide bonds. The SMILES string of the molecule is C[C@@H](Cc1cccc(F)c1)C(=O)Oc1cccc(Cl)c1. The number of esters is 1. The maximum absolute atomic E-state index is 13.1. The molecule has 1 atom stereocenters. The molecular weight excluding hydrogens is 279 g/mol. The molecule has 0 bridgehead atoms. The van der Waals surface area contributed by atoms with Crippen molar-refractivity contribution in [1.29, 1.82) is 0 Å². The molecular formula is C16H14ClFO2. The maximum Gasteiger partial charge on any atom is 0.314 e. The van der Waals surface area contributed by atoms with Gasteiger partial charge in [-0.25, -0.2) is 4.39 Å². The summed E-state index contributed by atoms with van der Waals surface area (Å²) in [5.41, 5.74) is 0.764. The highest BCUT2D eigenvalue weighted by molar-refractivity contribution is 6.30. The Bertz CT molecular complexity index is 613. The Morgan fingerprint density at radius 3 is 2.70 bits per heavy atom. The van der Waals surface area contributed by atoms with Gasteiger partial charge in [-0.3, -0.25) is 4.79 Å². The number of benzene rings is 2. The highest BCUT2D eigenvalue weighted by Crippen LogP contribution is 2.19. The van der Waals surface area contributed by atoms with Gasteiger partial charge in [-0.1, -0.05) is 36.7 Å². The van der Waals surface area contributed by atoms with Crippen LogP contribution in [0.25, 0.3) is 0 Å². The van der Waals surface area contributed by atoms with E-state index in [2.05, 4.69) is 0 Å². The molecule has 0 aliphatic rings. The quantitative estimate of drug-likeness (QED) is 0.621. The van der Waals surface area contributed by atoms with E-state index in [1.54, 1.807) is 43.3 Å². The lowest BCUT2D eigenvalue weighted by atomic mass is 10.0. The minimum atomic E-state index is -0.365. The fourth-order valence-corrected chi connectivity index (χ4v) is 2.03. The second-order valence-electron chi connectivity index (χ2n) is 4.61. The summed E-state index contributed by atoms with van der Waals surface area (Å²) in [4.78, 5) is 12.0. The van der Waals surface area contributed by atoms with Crippen LogP contribution in [0.4, 0.5) is 4.39 Å². The summed E-state index contributed by atoms with van der Waals surface area (Å²) in [6.45, 7) is 1.75. The van der Waals surface area contributed by atoms with Crippen LogP contribution in [-0.2, 0) is 11.2 Å². The lowest BCUT2D eigenvalue weighted by molar-refractivity contribution is -0.138. The van der Waals surface area contributed by atoms with Crippen LogP contribution in [0.5, 0.6) is 5.75 Å². The number of ether oxygens (including phenoxy) is 1. The van der Waals surface area contributed by atoms with Crippen molar-refractivity contribution in [3.63, 3.8) is 0 Å². The van der Waals surface area contributed by atoms with Gasteiger partial charge in [0.05, 0.1) is 5.92 Å². The van der Waals surface area contributed by atoms with E-state index >= 15 is 0 Å². The van der Waals surface area contributed by atoms with Crippen LogP contribution in [0, 0.1) is 11.7 Å². The highest BCUT2D eigenvalue weighted by Gasteiger charge is 2.16. The first kappa shape index (κ1) is 14.5. The second-order valence-corrected chi connectivity index (χ2v) is 5.05. The van der Waals surface area contributed by atoms with Crippen molar-refractivity contribution in [1.82, 2.24) is 0 Å². The topological polar surface area (TPSA) is 26.3 Å². The van der Waals surface area contributed by atoms with Crippen LogP contribution >= 0.6 is 11.6 Å². The van der Waals surface area contributed by atoms with E-state index in [4.69, 9.17) is 16.3 Å². The van der Waals surface area contributed by atoms with Crippen LogP contribution < -0.4 is 4.74 Å². The number of hydrogen-bond donors (Lipinski definition) is 0. The molecule has 0 fully saturated rings. The molecule has 0 spiro atoms. The van der Waals surface area contributed by atoms with Gasteiger partial charge in [-0.05, 0) is 42.3 Å². The van der Waals surface area contributed by atoms with E-state index in [1.807, 2.05) is 0 Å². The Hall–Kier alpha value is -1.87. The molecule has 0 aliphatic carbocycles. The zero-order chi connectivity index (χ0) is 14.5. The first-order chi connectivity index (χ1) is 9.54. The van der Waals surface area contributed by atoms with Crippen molar-refractivity contribution in [3.8, 4) is 5.75 Å². The average molecular weight is 293 g/mol. The summed E-state index contributed by atoms with van der Waals surface area (Å²) in [5.74, 6) is -0.626. The first-order valence-corrected chi connectivity index (χ1v) is 6.64. The van der Waals surface area contributed by atoms with Crippen molar-refractivity contribution in [2.75, 3.05) is 0 Å². The van der Waals surface area contributed by atoms with Gasteiger partial charge >= 0.3 is 5.97 Å². The molecule has 2 rings (SSSR count). The predicted octanol–water partition coefficient (Wildman–Crippen LogP) is 4.26. The Morgan fingerprint density at radius 1 is 1.25 bits per heavy atom. The maximum atomic E-state index is 13.1. The minimum absolute atomic E-state index is 0.307. The molecule has 4 heteroatoms. The van der Waals surface area contributed by atoms with Crippen LogP contribution in [0.2, 0.25) is 5.02 Å². The van der Waals surface area contributed by atoms with Gasteiger partial charge < -0.3 is 4.74 Å². The number of hydrogen-bond acceptors (Lipinski definition) is 2. The average Bonchev–Trinajstić information content (AvgIpc) is 2.38. The monoisotopic (exact) mass is 292 g/mol. The molecule has 20 heavy (non-hydrogen) atoms. The number of halogens is 2. The molecule has 2 aromatic carbocycles. The number of rotatable bonds is 4. The van der Waals surface area contributed by atoms with E-state index in [-0.39, 0.29) is 17.7 Å². The van der Waals surface area contributed by atoms with Crippen molar-refractivity contribution < 1.29 is 13.9 Å². The van der Waals surface area contributed by atoms with Gasteiger partial charge in [-0.15, -0.1) is 0 Å². The minimum Gasteiger partial charge on any atom is -0.426 e. The summed E-state index contributed by atoms with van der Waals surface area (Å²) >= 11 is 5.82. The zero-order valence-corrected chi connectivity index (χ0v) is 11.7. The molecule has 0 radical (unpaired) electrons. The molecule has 0 aromatic heterocycles. The van der Waals surface area contributed by atoms with Crippen molar-refractivity contribution >= 4 is 17.6 Å². The van der Waals surface area contributed by atoms with Crippen LogP contribution in [-0.4, -0.2) is 5.97 Å². The lowest BCUT2D eigenvalue weighted by Gasteiger charge is -2.11. The van der Waals surface area contributed by atoms with E-state index < -0.39 is 0 Å². The Balaban J connectivity index is 1.98. The first-order valence-electron chi connectivity index (χ1n) is 6.26.